The standard InChI is InChI=1S/C21H17Cl2N5O4/c1-9-5-11(8-12-15(9)25-19(30)21(12)3-2-4-21)32-16-13(22)6-10(7-14(16)23)28-20(31)26-18(29)17(24)27-28/h5-8H,2-4H2,1H3,(H2,24,27)(H,25,30)(H,26,29,31). The maximum atomic E-state index is 12.6. The van der Waals surface area contributed by atoms with E-state index in [1.54, 1.807) is 6.07 Å². The number of carbonyl (C=O) groups is 1. The van der Waals surface area contributed by atoms with Crippen molar-refractivity contribution in [1.82, 2.24) is 14.8 Å². The number of aromatic nitrogens is 3. The first kappa shape index (κ1) is 20.6. The molecule has 1 aromatic heterocycles. The first-order valence-corrected chi connectivity index (χ1v) is 10.6. The van der Waals surface area contributed by atoms with E-state index in [0.717, 1.165) is 40.8 Å². The number of nitrogen functional groups attached to an aromatic ring is 1. The van der Waals surface area contributed by atoms with Crippen LogP contribution in [0.2, 0.25) is 10.0 Å². The number of benzene rings is 2. The molecule has 32 heavy (non-hydrogen) atoms. The zero-order valence-corrected chi connectivity index (χ0v) is 18.3. The van der Waals surface area contributed by atoms with Crippen LogP contribution in [0.4, 0.5) is 11.5 Å². The molecule has 0 saturated heterocycles. The second-order valence-corrected chi connectivity index (χ2v) is 8.76. The molecule has 1 aliphatic carbocycles. The molecule has 164 valence electrons. The first-order chi connectivity index (χ1) is 15.2. The molecule has 1 saturated carbocycles. The lowest BCUT2D eigenvalue weighted by molar-refractivity contribution is -0.123. The molecule has 4 N–H and O–H groups in total. The number of rotatable bonds is 3. The Morgan fingerprint density at radius 3 is 2.44 bits per heavy atom. The summed E-state index contributed by atoms with van der Waals surface area (Å²) in [5, 5.41) is 7.00. The number of H-pyrrole nitrogens is 1. The highest BCUT2D eigenvalue weighted by atomic mass is 35.5. The van der Waals surface area contributed by atoms with Crippen LogP contribution in [0.5, 0.6) is 11.5 Å². The van der Waals surface area contributed by atoms with Crippen molar-refractivity contribution in [2.45, 2.75) is 31.6 Å². The van der Waals surface area contributed by atoms with E-state index >= 15 is 0 Å². The molecule has 1 fully saturated rings. The summed E-state index contributed by atoms with van der Waals surface area (Å²) < 4.78 is 6.90. The number of halogens is 2. The number of nitrogens with one attached hydrogen (secondary N) is 2. The van der Waals surface area contributed by atoms with E-state index in [4.69, 9.17) is 33.7 Å². The van der Waals surface area contributed by atoms with Gasteiger partial charge < -0.3 is 15.8 Å². The summed E-state index contributed by atoms with van der Waals surface area (Å²) in [6, 6.07) is 6.49. The Labute approximate surface area is 191 Å². The lowest BCUT2D eigenvalue weighted by Crippen LogP contribution is -2.40. The van der Waals surface area contributed by atoms with E-state index in [1.807, 2.05) is 13.0 Å². The normalized spacial score (nSPS) is 15.9. The number of fused-ring (bicyclic) bond motifs is 2. The van der Waals surface area contributed by atoms with Gasteiger partial charge in [0.2, 0.25) is 11.7 Å². The van der Waals surface area contributed by atoms with Gasteiger partial charge in [-0.1, -0.05) is 29.6 Å². The largest absolute Gasteiger partial charge is 0.454 e. The number of aryl methyl sites for hydroxylation is 1. The zero-order valence-electron chi connectivity index (χ0n) is 16.8. The Kier molecular flexibility index (Phi) is 4.58. The molecule has 1 aliphatic heterocycles. The van der Waals surface area contributed by atoms with E-state index in [1.165, 1.54) is 12.1 Å². The fourth-order valence-corrected chi connectivity index (χ4v) is 4.76. The molecular weight excluding hydrogens is 457 g/mol. The number of amides is 1. The van der Waals surface area contributed by atoms with E-state index < -0.39 is 16.7 Å². The smallest absolute Gasteiger partial charge is 0.349 e. The van der Waals surface area contributed by atoms with Gasteiger partial charge in [0.15, 0.2) is 5.75 Å². The van der Waals surface area contributed by atoms with Crippen molar-refractivity contribution in [3.63, 3.8) is 0 Å². The Balaban J connectivity index is 1.54. The van der Waals surface area contributed by atoms with Crippen molar-refractivity contribution in [3.8, 4) is 17.2 Å². The summed E-state index contributed by atoms with van der Waals surface area (Å²) in [6.07, 6.45) is 2.60. The number of nitrogens with two attached hydrogens (primary N) is 1. The van der Waals surface area contributed by atoms with Crippen LogP contribution in [-0.2, 0) is 10.2 Å². The third-order valence-electron chi connectivity index (χ3n) is 6.01. The van der Waals surface area contributed by atoms with Crippen LogP contribution in [0.15, 0.2) is 33.9 Å². The Morgan fingerprint density at radius 1 is 1.12 bits per heavy atom. The highest BCUT2D eigenvalue weighted by Gasteiger charge is 2.51. The van der Waals surface area contributed by atoms with Gasteiger partial charge in [-0.05, 0) is 55.2 Å². The summed E-state index contributed by atoms with van der Waals surface area (Å²) >= 11 is 12.8. The van der Waals surface area contributed by atoms with Gasteiger partial charge in [-0.2, -0.15) is 4.68 Å². The average Bonchev–Trinajstić information content (AvgIpc) is 3.00. The van der Waals surface area contributed by atoms with Crippen molar-refractivity contribution >= 4 is 40.6 Å². The molecule has 1 amide bonds. The van der Waals surface area contributed by atoms with Crippen LogP contribution >= 0.6 is 23.2 Å². The molecular formula is C21H17Cl2N5O4. The highest BCUT2D eigenvalue weighted by molar-refractivity contribution is 6.37. The van der Waals surface area contributed by atoms with E-state index in [2.05, 4.69) is 15.4 Å². The fraction of sp³-hybridized carbons (Fsp3) is 0.238. The summed E-state index contributed by atoms with van der Waals surface area (Å²) in [4.78, 5) is 38.2. The van der Waals surface area contributed by atoms with Crippen LogP contribution in [-0.4, -0.2) is 20.7 Å². The van der Waals surface area contributed by atoms with E-state index in [9.17, 15) is 14.4 Å². The summed E-state index contributed by atoms with van der Waals surface area (Å²) in [6.45, 7) is 1.90. The lowest BCUT2D eigenvalue weighted by Gasteiger charge is -2.36. The van der Waals surface area contributed by atoms with Gasteiger partial charge >= 0.3 is 5.69 Å². The third-order valence-corrected chi connectivity index (χ3v) is 6.57. The summed E-state index contributed by atoms with van der Waals surface area (Å²) in [5.74, 6) is 0.322. The van der Waals surface area contributed by atoms with Gasteiger partial charge in [0.05, 0.1) is 21.1 Å². The molecule has 2 aliphatic rings. The van der Waals surface area contributed by atoms with Crippen LogP contribution in [0.1, 0.15) is 30.4 Å². The highest BCUT2D eigenvalue weighted by Crippen LogP contribution is 2.53. The number of ether oxygens (including phenoxy) is 1. The topological polar surface area (TPSA) is 132 Å². The molecule has 1 spiro atoms. The maximum absolute atomic E-state index is 12.6. The van der Waals surface area contributed by atoms with Crippen LogP contribution in [0.3, 0.4) is 0 Å². The molecule has 0 radical (unpaired) electrons. The average molecular weight is 474 g/mol. The molecule has 2 heterocycles. The predicted octanol–water partition coefficient (Wildman–Crippen LogP) is 3.28. The van der Waals surface area contributed by atoms with Crippen molar-refractivity contribution < 1.29 is 9.53 Å². The minimum atomic E-state index is -0.790. The Morgan fingerprint density at radius 2 is 1.81 bits per heavy atom. The lowest BCUT2D eigenvalue weighted by atomic mass is 9.65. The molecule has 0 bridgehead atoms. The van der Waals surface area contributed by atoms with Gasteiger partial charge in [-0.3, -0.25) is 14.6 Å². The second-order valence-electron chi connectivity index (χ2n) is 7.95. The fourth-order valence-electron chi connectivity index (χ4n) is 4.21. The van der Waals surface area contributed by atoms with Gasteiger partial charge in [-0.25, -0.2) is 4.79 Å². The van der Waals surface area contributed by atoms with Crippen LogP contribution in [0.25, 0.3) is 5.69 Å². The Hall–Kier alpha value is -3.30. The number of anilines is 2. The number of carbonyl (C=O) groups excluding carboxylic acids is 1. The van der Waals surface area contributed by atoms with E-state index in [0.29, 0.717) is 5.75 Å². The minimum Gasteiger partial charge on any atom is -0.454 e. The number of aromatic amines is 1. The van der Waals surface area contributed by atoms with Gasteiger partial charge in [0.1, 0.15) is 5.75 Å². The van der Waals surface area contributed by atoms with Gasteiger partial charge in [0, 0.05) is 5.69 Å². The van der Waals surface area contributed by atoms with Crippen LogP contribution < -0.4 is 27.0 Å². The number of hydrogen-bond donors (Lipinski definition) is 3. The quantitative estimate of drug-likeness (QED) is 0.534. The molecule has 11 heteroatoms. The van der Waals surface area contributed by atoms with Crippen molar-refractivity contribution in [3.05, 3.63) is 66.3 Å². The van der Waals surface area contributed by atoms with Gasteiger partial charge in [0.25, 0.3) is 5.56 Å². The zero-order chi connectivity index (χ0) is 22.8. The molecule has 0 unspecified atom stereocenters. The minimum absolute atomic E-state index is 0.0255. The summed E-state index contributed by atoms with van der Waals surface area (Å²) in [5.41, 5.74) is 6.27. The molecule has 2 aromatic carbocycles. The molecule has 0 atom stereocenters. The number of nitrogens with zero attached hydrogens (tertiary/aromatic N) is 2. The van der Waals surface area contributed by atoms with Gasteiger partial charge in [-0.15, -0.1) is 5.10 Å². The number of hydrogen-bond acceptors (Lipinski definition) is 6. The van der Waals surface area contributed by atoms with E-state index in [-0.39, 0.29) is 33.2 Å². The maximum Gasteiger partial charge on any atom is 0.349 e. The van der Waals surface area contributed by atoms with Crippen molar-refractivity contribution in [1.29, 1.82) is 0 Å². The SMILES string of the molecule is Cc1cc(Oc2c(Cl)cc(-n3nc(N)c(=O)[nH]c3=O)cc2Cl)cc2c1NC(=O)C21CCC1. The second kappa shape index (κ2) is 7.11. The predicted molar refractivity (Wildman–Crippen MR) is 120 cm³/mol. The summed E-state index contributed by atoms with van der Waals surface area (Å²) in [7, 11) is 0. The third kappa shape index (κ3) is 3.00. The van der Waals surface area contributed by atoms with Crippen molar-refractivity contribution in [2.75, 3.05) is 11.1 Å². The van der Waals surface area contributed by atoms with Crippen molar-refractivity contribution in [2.24, 2.45) is 0 Å². The monoisotopic (exact) mass is 473 g/mol. The molecule has 5 rings (SSSR count). The molecule has 3 aromatic rings. The van der Waals surface area contributed by atoms with Crippen LogP contribution in [0, 0.1) is 6.92 Å². The molecule has 9 nitrogen and oxygen atoms in total. The first-order valence-electron chi connectivity index (χ1n) is 9.82. The Bertz CT molecular complexity index is 1400.